The van der Waals surface area contributed by atoms with Gasteiger partial charge in [0.2, 0.25) is 0 Å². The molecule has 152 valence electrons. The van der Waals surface area contributed by atoms with E-state index in [2.05, 4.69) is 10.5 Å². The maximum absolute atomic E-state index is 12.2. The van der Waals surface area contributed by atoms with Crippen LogP contribution in [-0.4, -0.2) is 16.5 Å². The summed E-state index contributed by atoms with van der Waals surface area (Å²) in [5.74, 6) is 0.0370. The lowest BCUT2D eigenvalue weighted by Crippen LogP contribution is -2.20. The molecule has 0 aromatic heterocycles. The van der Waals surface area contributed by atoms with E-state index in [4.69, 9.17) is 16.3 Å². The first-order valence-electron chi connectivity index (χ1n) is 9.00. The molecule has 3 aromatic rings. The first-order valence-corrected chi connectivity index (χ1v) is 9.37. The average molecular weight is 424 g/mol. The van der Waals surface area contributed by atoms with Crippen LogP contribution in [0.5, 0.6) is 5.75 Å². The Balaban J connectivity index is 1.62. The molecule has 0 saturated heterocycles. The molecule has 3 rings (SSSR count). The molecular weight excluding hydrogens is 406 g/mol. The van der Waals surface area contributed by atoms with Crippen LogP contribution in [0.3, 0.4) is 0 Å². The van der Waals surface area contributed by atoms with Gasteiger partial charge in [0.05, 0.1) is 10.6 Å². The summed E-state index contributed by atoms with van der Waals surface area (Å²) in [7, 11) is 0. The Kier molecular flexibility index (Phi) is 6.77. The quantitative estimate of drug-likeness (QED) is 0.329. The first-order chi connectivity index (χ1) is 14.4. The van der Waals surface area contributed by atoms with Crippen molar-refractivity contribution in [2.24, 2.45) is 5.10 Å². The van der Waals surface area contributed by atoms with Gasteiger partial charge in [-0.2, -0.15) is 5.10 Å². The van der Waals surface area contributed by atoms with E-state index in [0.29, 0.717) is 23.1 Å². The second-order valence-corrected chi connectivity index (χ2v) is 6.79. The summed E-state index contributed by atoms with van der Waals surface area (Å²) in [6, 6.07) is 20.3. The zero-order valence-electron chi connectivity index (χ0n) is 16.0. The van der Waals surface area contributed by atoms with Gasteiger partial charge >= 0.3 is 0 Å². The maximum Gasteiger partial charge on any atom is 0.282 e. The fourth-order valence-corrected chi connectivity index (χ4v) is 2.75. The predicted octanol–water partition coefficient (Wildman–Crippen LogP) is 4.98. The van der Waals surface area contributed by atoms with E-state index in [0.717, 1.165) is 11.1 Å². The van der Waals surface area contributed by atoms with Crippen LogP contribution in [0.4, 0.5) is 5.69 Å². The predicted molar refractivity (Wildman–Crippen MR) is 115 cm³/mol. The second kappa shape index (κ2) is 9.67. The van der Waals surface area contributed by atoms with Gasteiger partial charge in [-0.1, -0.05) is 35.9 Å². The number of nitro benzene ring substituents is 1. The van der Waals surface area contributed by atoms with Crippen LogP contribution in [0, 0.1) is 10.1 Å². The largest absolute Gasteiger partial charge is 0.489 e. The number of hydrogen-bond acceptors (Lipinski definition) is 5. The lowest BCUT2D eigenvalue weighted by Gasteiger charge is -2.08. The molecule has 0 aliphatic heterocycles. The van der Waals surface area contributed by atoms with Gasteiger partial charge in [-0.15, -0.1) is 0 Å². The number of nitro groups is 1. The van der Waals surface area contributed by atoms with Crippen molar-refractivity contribution in [3.8, 4) is 5.75 Å². The molecule has 0 atom stereocenters. The zero-order valence-corrected chi connectivity index (χ0v) is 16.8. The molecule has 0 radical (unpaired) electrons. The number of halogens is 1. The second-order valence-electron chi connectivity index (χ2n) is 6.35. The van der Waals surface area contributed by atoms with E-state index in [-0.39, 0.29) is 11.3 Å². The Bertz CT molecular complexity index is 1080. The highest BCUT2D eigenvalue weighted by atomic mass is 35.5. The molecule has 0 saturated carbocycles. The summed E-state index contributed by atoms with van der Waals surface area (Å²) in [6.45, 7) is 2.14. The topological polar surface area (TPSA) is 93.8 Å². The number of rotatable bonds is 7. The number of carbonyl (C=O) groups excluding carboxylic acids is 1. The van der Waals surface area contributed by atoms with E-state index >= 15 is 0 Å². The SMILES string of the molecule is C/C(=N/NC(=O)c1ccccc1[N+](=O)[O-])c1ccc(OCc2ccc(Cl)cc2)cc1. The Morgan fingerprint density at radius 2 is 1.73 bits per heavy atom. The van der Waals surface area contributed by atoms with Crippen LogP contribution in [-0.2, 0) is 6.61 Å². The monoisotopic (exact) mass is 423 g/mol. The van der Waals surface area contributed by atoms with Crippen molar-refractivity contribution < 1.29 is 14.5 Å². The molecule has 1 N–H and O–H groups in total. The highest BCUT2D eigenvalue weighted by Crippen LogP contribution is 2.18. The van der Waals surface area contributed by atoms with E-state index in [1.54, 1.807) is 25.1 Å². The van der Waals surface area contributed by atoms with Crippen molar-refractivity contribution in [1.29, 1.82) is 0 Å². The minimum atomic E-state index is -0.649. The molecule has 7 nitrogen and oxygen atoms in total. The van der Waals surface area contributed by atoms with Crippen LogP contribution in [0.1, 0.15) is 28.4 Å². The van der Waals surface area contributed by atoms with E-state index < -0.39 is 10.8 Å². The third kappa shape index (κ3) is 5.42. The van der Waals surface area contributed by atoms with Crippen molar-refractivity contribution in [2.45, 2.75) is 13.5 Å². The third-order valence-electron chi connectivity index (χ3n) is 4.26. The standard InChI is InChI=1S/C22H18ClN3O4/c1-15(24-25-22(27)20-4-2-3-5-21(20)26(28)29)17-8-12-19(13-9-17)30-14-16-6-10-18(23)11-7-16/h2-13H,14H2,1H3,(H,25,27)/b24-15-. The Morgan fingerprint density at radius 1 is 1.07 bits per heavy atom. The normalized spacial score (nSPS) is 11.1. The molecule has 1 amide bonds. The van der Waals surface area contributed by atoms with Crippen molar-refractivity contribution in [3.63, 3.8) is 0 Å². The number of nitrogens with one attached hydrogen (secondary N) is 1. The molecule has 0 bridgehead atoms. The smallest absolute Gasteiger partial charge is 0.282 e. The molecule has 0 unspecified atom stereocenters. The van der Waals surface area contributed by atoms with Gasteiger partial charge in [0.1, 0.15) is 17.9 Å². The highest BCUT2D eigenvalue weighted by molar-refractivity contribution is 6.30. The number of para-hydroxylation sites is 1. The minimum absolute atomic E-state index is 0.0509. The van der Waals surface area contributed by atoms with Gasteiger partial charge in [0, 0.05) is 11.1 Å². The van der Waals surface area contributed by atoms with Crippen molar-refractivity contribution in [2.75, 3.05) is 0 Å². The van der Waals surface area contributed by atoms with Gasteiger partial charge in [-0.25, -0.2) is 5.43 Å². The molecule has 0 fully saturated rings. The summed E-state index contributed by atoms with van der Waals surface area (Å²) in [5.41, 5.74) is 4.36. The van der Waals surface area contributed by atoms with Crippen molar-refractivity contribution in [1.82, 2.24) is 5.43 Å². The number of hydrazone groups is 1. The van der Waals surface area contributed by atoms with Crippen LogP contribution < -0.4 is 10.2 Å². The van der Waals surface area contributed by atoms with Crippen LogP contribution in [0.25, 0.3) is 0 Å². The summed E-state index contributed by atoms with van der Waals surface area (Å²) in [4.78, 5) is 22.7. The molecule has 3 aromatic carbocycles. The molecule has 8 heteroatoms. The fraction of sp³-hybridized carbons (Fsp3) is 0.0909. The molecule has 0 aliphatic rings. The summed E-state index contributed by atoms with van der Waals surface area (Å²) < 4.78 is 5.74. The van der Waals surface area contributed by atoms with E-state index in [1.165, 1.54) is 18.2 Å². The maximum atomic E-state index is 12.2. The number of amides is 1. The summed E-state index contributed by atoms with van der Waals surface area (Å²) in [5, 5.41) is 15.8. The molecule has 0 heterocycles. The third-order valence-corrected chi connectivity index (χ3v) is 4.51. The molecule has 0 aliphatic carbocycles. The molecule has 0 spiro atoms. The Morgan fingerprint density at radius 3 is 2.40 bits per heavy atom. The van der Waals surface area contributed by atoms with Crippen molar-refractivity contribution >= 4 is 28.9 Å². The fourth-order valence-electron chi connectivity index (χ4n) is 2.62. The van der Waals surface area contributed by atoms with E-state index in [9.17, 15) is 14.9 Å². The number of hydrogen-bond donors (Lipinski definition) is 1. The average Bonchev–Trinajstić information content (AvgIpc) is 2.77. The lowest BCUT2D eigenvalue weighted by molar-refractivity contribution is -0.385. The molecule has 30 heavy (non-hydrogen) atoms. The highest BCUT2D eigenvalue weighted by Gasteiger charge is 2.18. The zero-order chi connectivity index (χ0) is 21.5. The van der Waals surface area contributed by atoms with Crippen molar-refractivity contribution in [3.05, 3.63) is 105 Å². The Labute approximate surface area is 178 Å². The van der Waals surface area contributed by atoms with Gasteiger partial charge in [0.15, 0.2) is 0 Å². The summed E-state index contributed by atoms with van der Waals surface area (Å²) in [6.07, 6.45) is 0. The van der Waals surface area contributed by atoms with Gasteiger partial charge in [0.25, 0.3) is 11.6 Å². The number of benzene rings is 3. The van der Waals surface area contributed by atoms with Crippen LogP contribution >= 0.6 is 11.6 Å². The summed E-state index contributed by atoms with van der Waals surface area (Å²) >= 11 is 5.87. The van der Waals surface area contributed by atoms with Crippen LogP contribution in [0.2, 0.25) is 5.02 Å². The minimum Gasteiger partial charge on any atom is -0.489 e. The Hall–Kier alpha value is -3.71. The van der Waals surface area contributed by atoms with Crippen LogP contribution in [0.15, 0.2) is 77.9 Å². The molecular formula is C22H18ClN3O4. The van der Waals surface area contributed by atoms with Gasteiger partial charge in [-0.05, 0) is 60.5 Å². The van der Waals surface area contributed by atoms with Gasteiger partial charge < -0.3 is 4.74 Å². The lowest BCUT2D eigenvalue weighted by atomic mass is 10.1. The number of carbonyl (C=O) groups is 1. The van der Waals surface area contributed by atoms with Gasteiger partial charge in [-0.3, -0.25) is 14.9 Å². The van der Waals surface area contributed by atoms with E-state index in [1.807, 2.05) is 36.4 Å². The number of nitrogens with zero attached hydrogens (tertiary/aromatic N) is 2. The first kappa shape index (κ1) is 21.0. The number of ether oxygens (including phenoxy) is 1.